The summed E-state index contributed by atoms with van der Waals surface area (Å²) in [5.41, 5.74) is 3.95. The van der Waals surface area contributed by atoms with Crippen LogP contribution >= 0.6 is 11.6 Å². The van der Waals surface area contributed by atoms with Crippen molar-refractivity contribution in [3.8, 4) is 5.88 Å². The van der Waals surface area contributed by atoms with Crippen LogP contribution in [0.3, 0.4) is 0 Å². The molecule has 0 spiro atoms. The molecule has 1 amide bonds. The van der Waals surface area contributed by atoms with Crippen LogP contribution in [-0.2, 0) is 4.79 Å². The van der Waals surface area contributed by atoms with Crippen molar-refractivity contribution in [1.82, 2.24) is 15.4 Å². The van der Waals surface area contributed by atoms with Crippen LogP contribution in [0.2, 0.25) is 5.02 Å². The molecular formula is C20H24ClN5O2. The van der Waals surface area contributed by atoms with Crippen molar-refractivity contribution in [2.45, 2.75) is 32.6 Å². The molecule has 1 N–H and O–H groups in total. The van der Waals surface area contributed by atoms with Gasteiger partial charge in [0.2, 0.25) is 11.8 Å². The first-order valence-corrected chi connectivity index (χ1v) is 9.79. The van der Waals surface area contributed by atoms with Gasteiger partial charge < -0.3 is 9.64 Å². The zero-order valence-corrected chi connectivity index (χ0v) is 16.7. The third kappa shape index (κ3) is 5.92. The zero-order valence-electron chi connectivity index (χ0n) is 15.9. The number of benzene rings is 1. The van der Waals surface area contributed by atoms with Gasteiger partial charge in [0, 0.05) is 35.4 Å². The highest BCUT2D eigenvalue weighted by Crippen LogP contribution is 2.19. The molecule has 0 saturated carbocycles. The van der Waals surface area contributed by atoms with Crippen molar-refractivity contribution < 1.29 is 9.53 Å². The van der Waals surface area contributed by atoms with Crippen molar-refractivity contribution in [1.29, 1.82) is 0 Å². The lowest BCUT2D eigenvalue weighted by Crippen LogP contribution is -2.27. The molecular weight excluding hydrogens is 378 g/mol. The predicted octanol–water partition coefficient (Wildman–Crippen LogP) is 3.35. The van der Waals surface area contributed by atoms with Crippen LogP contribution < -0.4 is 15.1 Å². The SMILES string of the molecule is Cc1cc(OCC(=O)NN=Cc2ccccc2Cl)nc(N2CCCCCC2)n1. The maximum atomic E-state index is 12.0. The Kier molecular flexibility index (Phi) is 7.19. The molecule has 0 radical (unpaired) electrons. The van der Waals surface area contributed by atoms with Gasteiger partial charge >= 0.3 is 0 Å². The molecule has 7 nitrogen and oxygen atoms in total. The fourth-order valence-electron chi connectivity index (χ4n) is 2.94. The van der Waals surface area contributed by atoms with Gasteiger partial charge in [0.05, 0.1) is 6.21 Å². The molecule has 28 heavy (non-hydrogen) atoms. The number of halogens is 1. The topological polar surface area (TPSA) is 79.7 Å². The van der Waals surface area contributed by atoms with E-state index < -0.39 is 0 Å². The highest BCUT2D eigenvalue weighted by Gasteiger charge is 2.14. The average molecular weight is 402 g/mol. The van der Waals surface area contributed by atoms with E-state index in [4.69, 9.17) is 16.3 Å². The number of carbonyl (C=O) groups is 1. The largest absolute Gasteiger partial charge is 0.467 e. The van der Waals surface area contributed by atoms with Crippen molar-refractivity contribution in [3.63, 3.8) is 0 Å². The van der Waals surface area contributed by atoms with Crippen molar-refractivity contribution in [2.75, 3.05) is 24.6 Å². The van der Waals surface area contributed by atoms with E-state index in [1.807, 2.05) is 25.1 Å². The van der Waals surface area contributed by atoms with Gasteiger partial charge in [0.25, 0.3) is 5.91 Å². The van der Waals surface area contributed by atoms with Crippen molar-refractivity contribution >= 4 is 29.7 Å². The van der Waals surface area contributed by atoms with Crippen LogP contribution in [0.15, 0.2) is 35.4 Å². The van der Waals surface area contributed by atoms with Gasteiger partial charge in [0.15, 0.2) is 6.61 Å². The first-order chi connectivity index (χ1) is 13.6. The maximum Gasteiger partial charge on any atom is 0.278 e. The van der Waals surface area contributed by atoms with Gasteiger partial charge in [-0.25, -0.2) is 10.4 Å². The summed E-state index contributed by atoms with van der Waals surface area (Å²) in [6.07, 6.45) is 6.24. The Hall–Kier alpha value is -2.67. The second kappa shape index (κ2) is 10.0. The molecule has 1 aromatic heterocycles. The fraction of sp³-hybridized carbons (Fsp3) is 0.400. The summed E-state index contributed by atoms with van der Waals surface area (Å²) in [6, 6.07) is 8.96. The Morgan fingerprint density at radius 1 is 1.25 bits per heavy atom. The Labute approximate surface area is 169 Å². The number of anilines is 1. The normalized spacial score (nSPS) is 14.7. The lowest BCUT2D eigenvalue weighted by Gasteiger charge is -2.20. The molecule has 1 aliphatic rings. The number of aromatic nitrogens is 2. The second-order valence-electron chi connectivity index (χ2n) is 6.65. The molecule has 2 aromatic rings. The molecule has 1 aliphatic heterocycles. The third-order valence-corrected chi connectivity index (χ3v) is 4.70. The molecule has 0 aliphatic carbocycles. The quantitative estimate of drug-likeness (QED) is 0.593. The number of nitrogens with zero attached hydrogens (tertiary/aromatic N) is 4. The molecule has 3 rings (SSSR count). The number of nitrogens with one attached hydrogen (secondary N) is 1. The molecule has 0 unspecified atom stereocenters. The minimum Gasteiger partial charge on any atom is -0.467 e. The number of rotatable bonds is 6. The molecule has 148 valence electrons. The number of ether oxygens (including phenoxy) is 1. The highest BCUT2D eigenvalue weighted by molar-refractivity contribution is 6.33. The highest BCUT2D eigenvalue weighted by atomic mass is 35.5. The van der Waals surface area contributed by atoms with Crippen molar-refractivity contribution in [2.24, 2.45) is 5.10 Å². The number of hydrogen-bond acceptors (Lipinski definition) is 6. The standard InChI is InChI=1S/C20H24ClN5O2/c1-15-12-19(24-20(23-15)26-10-6-2-3-7-11-26)28-14-18(27)25-22-13-16-8-4-5-9-17(16)21/h4-5,8-9,12-13H,2-3,6-7,10-11,14H2,1H3,(H,25,27). The number of hydrazone groups is 1. The summed E-state index contributed by atoms with van der Waals surface area (Å²) < 4.78 is 5.55. The average Bonchev–Trinajstić information content (AvgIpc) is 2.97. The monoisotopic (exact) mass is 401 g/mol. The lowest BCUT2D eigenvalue weighted by molar-refractivity contribution is -0.123. The summed E-state index contributed by atoms with van der Waals surface area (Å²) >= 11 is 6.04. The molecule has 1 fully saturated rings. The zero-order chi connectivity index (χ0) is 19.8. The van der Waals surface area contributed by atoms with Gasteiger partial charge in [-0.2, -0.15) is 10.1 Å². The van der Waals surface area contributed by atoms with E-state index >= 15 is 0 Å². The lowest BCUT2D eigenvalue weighted by atomic mass is 10.2. The Bertz CT molecular complexity index is 835. The number of amides is 1. The Morgan fingerprint density at radius 3 is 2.75 bits per heavy atom. The summed E-state index contributed by atoms with van der Waals surface area (Å²) in [7, 11) is 0. The number of carbonyl (C=O) groups excluding carboxylic acids is 1. The number of hydrogen-bond donors (Lipinski definition) is 1. The molecule has 2 heterocycles. The minimum atomic E-state index is -0.379. The predicted molar refractivity (Wildman–Crippen MR) is 110 cm³/mol. The second-order valence-corrected chi connectivity index (χ2v) is 7.06. The van der Waals surface area contributed by atoms with Crippen LogP contribution in [-0.4, -0.2) is 41.8 Å². The summed E-state index contributed by atoms with van der Waals surface area (Å²) in [4.78, 5) is 23.1. The van der Waals surface area contributed by atoms with Gasteiger partial charge in [-0.1, -0.05) is 42.6 Å². The number of aryl methyl sites for hydroxylation is 1. The van der Waals surface area contributed by atoms with E-state index in [0.717, 1.165) is 37.2 Å². The van der Waals surface area contributed by atoms with Gasteiger partial charge in [-0.05, 0) is 25.8 Å². The maximum absolute atomic E-state index is 12.0. The first kappa shape index (κ1) is 20.1. The van der Waals surface area contributed by atoms with E-state index in [0.29, 0.717) is 16.9 Å². The van der Waals surface area contributed by atoms with E-state index in [2.05, 4.69) is 25.4 Å². The van der Waals surface area contributed by atoms with E-state index in [1.165, 1.54) is 19.1 Å². The molecule has 0 atom stereocenters. The van der Waals surface area contributed by atoms with Crippen LogP contribution in [0.1, 0.15) is 36.9 Å². The van der Waals surface area contributed by atoms with Gasteiger partial charge in [0.1, 0.15) is 0 Å². The van der Waals surface area contributed by atoms with E-state index in [1.54, 1.807) is 12.1 Å². The Balaban J connectivity index is 1.55. The van der Waals surface area contributed by atoms with Crippen molar-refractivity contribution in [3.05, 3.63) is 46.6 Å². The van der Waals surface area contributed by atoms with E-state index in [-0.39, 0.29) is 12.5 Å². The third-order valence-electron chi connectivity index (χ3n) is 4.36. The fourth-order valence-corrected chi connectivity index (χ4v) is 3.12. The van der Waals surface area contributed by atoms with Gasteiger partial charge in [-0.15, -0.1) is 0 Å². The van der Waals surface area contributed by atoms with Crippen LogP contribution in [0.25, 0.3) is 0 Å². The summed E-state index contributed by atoms with van der Waals surface area (Å²) in [5.74, 6) is 0.668. The minimum absolute atomic E-state index is 0.185. The Morgan fingerprint density at radius 2 is 2.00 bits per heavy atom. The van der Waals surface area contributed by atoms with Crippen LogP contribution in [0.5, 0.6) is 5.88 Å². The molecule has 1 aromatic carbocycles. The molecule has 8 heteroatoms. The smallest absolute Gasteiger partial charge is 0.278 e. The molecule has 1 saturated heterocycles. The summed E-state index contributed by atoms with van der Waals surface area (Å²) in [5, 5.41) is 4.47. The van der Waals surface area contributed by atoms with E-state index in [9.17, 15) is 4.79 Å². The van der Waals surface area contributed by atoms with Crippen LogP contribution in [0.4, 0.5) is 5.95 Å². The van der Waals surface area contributed by atoms with Crippen LogP contribution in [0, 0.1) is 6.92 Å². The van der Waals surface area contributed by atoms with Gasteiger partial charge in [-0.3, -0.25) is 4.79 Å². The molecule has 0 bridgehead atoms. The first-order valence-electron chi connectivity index (χ1n) is 9.42. The summed E-state index contributed by atoms with van der Waals surface area (Å²) in [6.45, 7) is 3.60.